The molecule has 1 aliphatic rings. The predicted octanol–water partition coefficient (Wildman–Crippen LogP) is 3.02. The lowest BCUT2D eigenvalue weighted by Crippen LogP contribution is -2.43. The molecular formula is C18H20N2O. The van der Waals surface area contributed by atoms with Crippen LogP contribution in [-0.4, -0.2) is 11.4 Å². The van der Waals surface area contributed by atoms with E-state index in [1.165, 1.54) is 11.1 Å². The number of nitrogens with two attached hydrogens (primary N) is 1. The number of amides is 1. The fraction of sp³-hybridized carbons (Fsp3) is 0.278. The maximum Gasteiger partial charge on any atom is 0.240 e. The highest BCUT2D eigenvalue weighted by molar-refractivity contribution is 5.89. The molecule has 2 aromatic rings. The van der Waals surface area contributed by atoms with Crippen LogP contribution in [0.4, 0.5) is 0 Å². The number of rotatable bonds is 4. The highest BCUT2D eigenvalue weighted by Gasteiger charge is 2.46. The zero-order valence-corrected chi connectivity index (χ0v) is 12.2. The molecule has 3 heteroatoms. The molecule has 1 unspecified atom stereocenters. The fourth-order valence-electron chi connectivity index (χ4n) is 2.38. The van der Waals surface area contributed by atoms with Crippen LogP contribution in [0.2, 0.25) is 0 Å². The van der Waals surface area contributed by atoms with Crippen LogP contribution in [-0.2, 0) is 4.79 Å². The summed E-state index contributed by atoms with van der Waals surface area (Å²) in [4.78, 5) is 12.0. The average molecular weight is 280 g/mol. The molecule has 1 aliphatic carbocycles. The number of hydrogen-bond donors (Lipinski definition) is 2. The molecule has 1 amide bonds. The van der Waals surface area contributed by atoms with Gasteiger partial charge in [0.05, 0.1) is 11.6 Å². The molecule has 21 heavy (non-hydrogen) atoms. The van der Waals surface area contributed by atoms with E-state index >= 15 is 0 Å². The van der Waals surface area contributed by atoms with Crippen molar-refractivity contribution in [2.45, 2.75) is 31.3 Å². The van der Waals surface area contributed by atoms with Crippen LogP contribution in [0.1, 0.15) is 31.4 Å². The van der Waals surface area contributed by atoms with E-state index in [-0.39, 0.29) is 11.9 Å². The van der Waals surface area contributed by atoms with E-state index < -0.39 is 5.54 Å². The minimum absolute atomic E-state index is 0.0247. The van der Waals surface area contributed by atoms with Gasteiger partial charge in [-0.05, 0) is 36.5 Å². The highest BCUT2D eigenvalue weighted by atomic mass is 16.2. The Labute approximate surface area is 125 Å². The van der Waals surface area contributed by atoms with E-state index in [4.69, 9.17) is 5.73 Å². The summed E-state index contributed by atoms with van der Waals surface area (Å²) in [5.74, 6) is -0.0397. The second-order valence-corrected chi connectivity index (χ2v) is 5.84. The van der Waals surface area contributed by atoms with Crippen molar-refractivity contribution >= 4 is 5.91 Å². The van der Waals surface area contributed by atoms with Gasteiger partial charge in [-0.1, -0.05) is 54.6 Å². The van der Waals surface area contributed by atoms with E-state index in [0.29, 0.717) is 0 Å². The number of hydrogen-bond acceptors (Lipinski definition) is 2. The molecule has 108 valence electrons. The summed E-state index contributed by atoms with van der Waals surface area (Å²) < 4.78 is 0. The van der Waals surface area contributed by atoms with Crippen LogP contribution >= 0.6 is 0 Å². The Balaban J connectivity index is 1.70. The second-order valence-electron chi connectivity index (χ2n) is 5.84. The Kier molecular flexibility index (Phi) is 3.52. The van der Waals surface area contributed by atoms with Crippen LogP contribution in [0, 0.1) is 0 Å². The summed E-state index contributed by atoms with van der Waals surface area (Å²) in [5.41, 5.74) is 8.75. The van der Waals surface area contributed by atoms with E-state index in [0.717, 1.165) is 18.4 Å². The predicted molar refractivity (Wildman–Crippen MR) is 84.6 cm³/mol. The summed E-state index contributed by atoms with van der Waals surface area (Å²) >= 11 is 0. The first-order valence-corrected chi connectivity index (χ1v) is 7.34. The van der Waals surface area contributed by atoms with Crippen molar-refractivity contribution in [1.29, 1.82) is 0 Å². The number of carbonyl (C=O) groups excluding carboxylic acids is 1. The standard InChI is InChI=1S/C18H20N2O/c1-13(20-17(21)18(19)11-12-18)14-7-9-16(10-8-14)15-5-3-2-4-6-15/h2-10,13H,11-12,19H2,1H3,(H,20,21). The van der Waals surface area contributed by atoms with Crippen LogP contribution in [0.5, 0.6) is 0 Å². The monoisotopic (exact) mass is 280 g/mol. The summed E-state index contributed by atoms with van der Waals surface area (Å²) in [7, 11) is 0. The lowest BCUT2D eigenvalue weighted by molar-refractivity contribution is -0.123. The number of nitrogens with one attached hydrogen (secondary N) is 1. The summed E-state index contributed by atoms with van der Waals surface area (Å²) in [5, 5.41) is 2.99. The van der Waals surface area contributed by atoms with E-state index in [2.05, 4.69) is 41.7 Å². The van der Waals surface area contributed by atoms with Crippen molar-refractivity contribution < 1.29 is 4.79 Å². The fourth-order valence-corrected chi connectivity index (χ4v) is 2.38. The number of carbonyl (C=O) groups is 1. The molecule has 3 nitrogen and oxygen atoms in total. The molecule has 0 spiro atoms. The Bertz CT molecular complexity index is 630. The maximum absolute atomic E-state index is 12.0. The highest BCUT2D eigenvalue weighted by Crippen LogP contribution is 2.33. The average Bonchev–Trinajstić information content (AvgIpc) is 3.27. The third-order valence-electron chi connectivity index (χ3n) is 4.11. The molecular weight excluding hydrogens is 260 g/mol. The molecule has 3 N–H and O–H groups in total. The van der Waals surface area contributed by atoms with Gasteiger partial charge in [-0.15, -0.1) is 0 Å². The lowest BCUT2D eigenvalue weighted by Gasteiger charge is -2.17. The third-order valence-corrected chi connectivity index (χ3v) is 4.11. The lowest BCUT2D eigenvalue weighted by atomic mass is 10.0. The normalized spacial score (nSPS) is 17.0. The topological polar surface area (TPSA) is 55.1 Å². The van der Waals surface area contributed by atoms with Crippen LogP contribution < -0.4 is 11.1 Å². The first-order valence-electron chi connectivity index (χ1n) is 7.34. The molecule has 1 fully saturated rings. The van der Waals surface area contributed by atoms with Gasteiger partial charge in [-0.3, -0.25) is 4.79 Å². The van der Waals surface area contributed by atoms with Gasteiger partial charge in [0, 0.05) is 0 Å². The maximum atomic E-state index is 12.0. The van der Waals surface area contributed by atoms with Gasteiger partial charge >= 0.3 is 0 Å². The first-order chi connectivity index (χ1) is 10.1. The van der Waals surface area contributed by atoms with Gasteiger partial charge in [0.15, 0.2) is 0 Å². The van der Waals surface area contributed by atoms with E-state index in [9.17, 15) is 4.79 Å². The van der Waals surface area contributed by atoms with Gasteiger partial charge in [0.2, 0.25) is 5.91 Å². The minimum Gasteiger partial charge on any atom is -0.348 e. The molecule has 0 aromatic heterocycles. The molecule has 0 aliphatic heterocycles. The van der Waals surface area contributed by atoms with E-state index in [1.807, 2.05) is 25.1 Å². The molecule has 0 radical (unpaired) electrons. The minimum atomic E-state index is -0.613. The summed E-state index contributed by atoms with van der Waals surface area (Å²) in [6.07, 6.45) is 1.58. The Morgan fingerprint density at radius 3 is 2.19 bits per heavy atom. The SMILES string of the molecule is CC(NC(=O)C1(N)CC1)c1ccc(-c2ccccc2)cc1. The Morgan fingerprint density at radius 2 is 1.62 bits per heavy atom. The van der Waals surface area contributed by atoms with Crippen LogP contribution in [0.15, 0.2) is 54.6 Å². The van der Waals surface area contributed by atoms with Gasteiger partial charge in [-0.25, -0.2) is 0 Å². The van der Waals surface area contributed by atoms with Gasteiger partial charge < -0.3 is 11.1 Å². The Morgan fingerprint density at radius 1 is 1.05 bits per heavy atom. The van der Waals surface area contributed by atoms with Gasteiger partial charge in [-0.2, -0.15) is 0 Å². The zero-order valence-electron chi connectivity index (χ0n) is 12.2. The van der Waals surface area contributed by atoms with Crippen LogP contribution in [0.25, 0.3) is 11.1 Å². The van der Waals surface area contributed by atoms with E-state index in [1.54, 1.807) is 0 Å². The van der Waals surface area contributed by atoms with Crippen molar-refractivity contribution in [3.05, 3.63) is 60.2 Å². The molecule has 0 saturated heterocycles. The molecule has 0 bridgehead atoms. The molecule has 2 aromatic carbocycles. The molecule has 3 rings (SSSR count). The van der Waals surface area contributed by atoms with Crippen molar-refractivity contribution in [1.82, 2.24) is 5.32 Å². The van der Waals surface area contributed by atoms with Crippen molar-refractivity contribution in [3.63, 3.8) is 0 Å². The quantitative estimate of drug-likeness (QED) is 0.904. The molecule has 1 saturated carbocycles. The van der Waals surface area contributed by atoms with Crippen molar-refractivity contribution in [2.75, 3.05) is 0 Å². The van der Waals surface area contributed by atoms with Gasteiger partial charge in [0.1, 0.15) is 0 Å². The largest absolute Gasteiger partial charge is 0.348 e. The third kappa shape index (κ3) is 2.98. The van der Waals surface area contributed by atoms with Crippen LogP contribution in [0.3, 0.4) is 0 Å². The zero-order chi connectivity index (χ0) is 14.9. The number of benzene rings is 2. The van der Waals surface area contributed by atoms with Gasteiger partial charge in [0.25, 0.3) is 0 Å². The van der Waals surface area contributed by atoms with Crippen molar-refractivity contribution in [2.24, 2.45) is 5.73 Å². The molecule has 0 heterocycles. The van der Waals surface area contributed by atoms with Crippen molar-refractivity contribution in [3.8, 4) is 11.1 Å². The first kappa shape index (κ1) is 13.8. The summed E-state index contributed by atoms with van der Waals surface area (Å²) in [6.45, 7) is 1.99. The Hall–Kier alpha value is -2.13. The summed E-state index contributed by atoms with van der Waals surface area (Å²) in [6, 6.07) is 18.5. The second kappa shape index (κ2) is 5.34. The molecule has 1 atom stereocenters. The smallest absolute Gasteiger partial charge is 0.240 e.